The van der Waals surface area contributed by atoms with E-state index in [4.69, 9.17) is 9.26 Å². The number of allylic oxidation sites excluding steroid dienone is 1. The maximum Gasteiger partial charge on any atom is 0.320 e. The molecule has 2 aliphatic rings. The molecule has 25 heavy (non-hydrogen) atoms. The van der Waals surface area contributed by atoms with Crippen molar-refractivity contribution in [1.82, 2.24) is 10.5 Å². The van der Waals surface area contributed by atoms with Gasteiger partial charge in [0.15, 0.2) is 11.6 Å². The van der Waals surface area contributed by atoms with Gasteiger partial charge in [-0.05, 0) is 44.2 Å². The van der Waals surface area contributed by atoms with Crippen molar-refractivity contribution in [3.05, 3.63) is 41.5 Å². The number of carbonyl (C=O) groups excluding carboxylic acids is 1. The van der Waals surface area contributed by atoms with Crippen molar-refractivity contribution in [3.63, 3.8) is 0 Å². The quantitative estimate of drug-likeness (QED) is 0.817. The Hall–Kier alpha value is -2.76. The van der Waals surface area contributed by atoms with Crippen LogP contribution in [0.25, 0.3) is 11.3 Å². The summed E-state index contributed by atoms with van der Waals surface area (Å²) < 4.78 is 11.1. The SMILES string of the molecule is O=C(NCCC1=CCCCC1)Nc1noc2c1COc1ccccc1-2. The van der Waals surface area contributed by atoms with Crippen LogP contribution in [0.1, 0.15) is 37.7 Å². The van der Waals surface area contributed by atoms with Gasteiger partial charge >= 0.3 is 6.03 Å². The summed E-state index contributed by atoms with van der Waals surface area (Å²) >= 11 is 0. The van der Waals surface area contributed by atoms with Gasteiger partial charge in [-0.1, -0.05) is 28.9 Å². The van der Waals surface area contributed by atoms with Crippen LogP contribution in [-0.2, 0) is 6.61 Å². The maximum absolute atomic E-state index is 12.1. The van der Waals surface area contributed by atoms with Crippen molar-refractivity contribution in [2.24, 2.45) is 0 Å². The fourth-order valence-electron chi connectivity index (χ4n) is 3.30. The van der Waals surface area contributed by atoms with Crippen LogP contribution < -0.4 is 15.4 Å². The van der Waals surface area contributed by atoms with E-state index in [2.05, 4.69) is 21.9 Å². The predicted octanol–water partition coefficient (Wildman–Crippen LogP) is 4.25. The smallest absolute Gasteiger partial charge is 0.320 e. The highest BCUT2D eigenvalue weighted by molar-refractivity contribution is 5.90. The predicted molar refractivity (Wildman–Crippen MR) is 94.5 cm³/mol. The molecule has 0 fully saturated rings. The third-order valence-electron chi connectivity index (χ3n) is 4.64. The zero-order valence-electron chi connectivity index (χ0n) is 14.0. The first kappa shape index (κ1) is 15.7. The normalized spacial score (nSPS) is 15.4. The molecule has 1 aromatic heterocycles. The van der Waals surface area contributed by atoms with Crippen LogP contribution in [0.3, 0.4) is 0 Å². The van der Waals surface area contributed by atoms with Crippen LogP contribution in [0, 0.1) is 0 Å². The molecule has 1 aliphatic heterocycles. The molecule has 2 N–H and O–H groups in total. The topological polar surface area (TPSA) is 76.4 Å². The fourth-order valence-corrected chi connectivity index (χ4v) is 3.30. The molecule has 0 saturated carbocycles. The highest BCUT2D eigenvalue weighted by Crippen LogP contribution is 2.39. The summed E-state index contributed by atoms with van der Waals surface area (Å²) in [6.07, 6.45) is 8.04. The Kier molecular flexibility index (Phi) is 4.41. The van der Waals surface area contributed by atoms with Crippen molar-refractivity contribution < 1.29 is 14.1 Å². The van der Waals surface area contributed by atoms with Crippen LogP contribution in [-0.4, -0.2) is 17.7 Å². The number of aromatic nitrogens is 1. The average Bonchev–Trinajstić information content (AvgIpc) is 3.06. The zero-order valence-corrected chi connectivity index (χ0v) is 14.0. The van der Waals surface area contributed by atoms with Gasteiger partial charge in [-0.25, -0.2) is 4.79 Å². The number of rotatable bonds is 4. The molecule has 0 spiro atoms. The minimum Gasteiger partial charge on any atom is -0.488 e. The molecule has 0 unspecified atom stereocenters. The number of amides is 2. The summed E-state index contributed by atoms with van der Waals surface area (Å²) in [5.41, 5.74) is 3.06. The first-order valence-corrected chi connectivity index (χ1v) is 8.75. The van der Waals surface area contributed by atoms with E-state index in [9.17, 15) is 4.79 Å². The van der Waals surface area contributed by atoms with Gasteiger partial charge in [0.25, 0.3) is 0 Å². The van der Waals surface area contributed by atoms with E-state index in [-0.39, 0.29) is 6.03 Å². The van der Waals surface area contributed by atoms with Crippen LogP contribution in [0.2, 0.25) is 0 Å². The van der Waals surface area contributed by atoms with Gasteiger partial charge in [-0.2, -0.15) is 0 Å². The maximum atomic E-state index is 12.1. The van der Waals surface area contributed by atoms with Gasteiger partial charge in [-0.3, -0.25) is 5.32 Å². The summed E-state index contributed by atoms with van der Waals surface area (Å²) in [6, 6.07) is 7.36. The van der Waals surface area contributed by atoms with Crippen LogP contribution >= 0.6 is 0 Å². The third kappa shape index (κ3) is 3.38. The number of nitrogens with one attached hydrogen (secondary N) is 2. The number of hydrogen-bond donors (Lipinski definition) is 2. The monoisotopic (exact) mass is 339 g/mol. The first-order chi connectivity index (χ1) is 12.3. The summed E-state index contributed by atoms with van der Waals surface area (Å²) in [4.78, 5) is 12.1. The van der Waals surface area contributed by atoms with Crippen LogP contribution in [0.5, 0.6) is 5.75 Å². The Morgan fingerprint density at radius 1 is 1.24 bits per heavy atom. The number of nitrogens with zero attached hydrogens (tertiary/aromatic N) is 1. The molecule has 0 atom stereocenters. The molecule has 2 aromatic rings. The molecule has 0 saturated heterocycles. The summed E-state index contributed by atoms with van der Waals surface area (Å²) in [6.45, 7) is 0.954. The van der Waals surface area contributed by atoms with E-state index in [1.807, 2.05) is 24.3 Å². The minimum atomic E-state index is -0.272. The number of urea groups is 1. The minimum absolute atomic E-state index is 0.272. The van der Waals surface area contributed by atoms with Crippen molar-refractivity contribution in [1.29, 1.82) is 0 Å². The number of fused-ring (bicyclic) bond motifs is 3. The van der Waals surface area contributed by atoms with E-state index in [0.29, 0.717) is 24.7 Å². The van der Waals surface area contributed by atoms with Crippen molar-refractivity contribution in [3.8, 4) is 17.1 Å². The summed E-state index contributed by atoms with van der Waals surface area (Å²) in [5, 5.41) is 9.64. The molecule has 130 valence electrons. The molecule has 2 heterocycles. The molecular weight excluding hydrogens is 318 g/mol. The van der Waals surface area contributed by atoms with Gasteiger partial charge in [0.2, 0.25) is 0 Å². The Balaban J connectivity index is 1.37. The molecule has 6 nitrogen and oxygen atoms in total. The van der Waals surface area contributed by atoms with Crippen LogP contribution in [0.15, 0.2) is 40.4 Å². The Labute approximate surface area is 146 Å². The third-order valence-corrected chi connectivity index (χ3v) is 4.64. The molecule has 6 heteroatoms. The molecule has 4 rings (SSSR count). The Morgan fingerprint density at radius 2 is 2.16 bits per heavy atom. The summed E-state index contributed by atoms with van der Waals surface area (Å²) in [7, 11) is 0. The van der Waals surface area contributed by atoms with Crippen LogP contribution in [0.4, 0.5) is 10.6 Å². The van der Waals surface area contributed by atoms with Gasteiger partial charge in [0.05, 0.1) is 11.1 Å². The number of ether oxygens (including phenoxy) is 1. The van der Waals surface area contributed by atoms with Crippen molar-refractivity contribution in [2.75, 3.05) is 11.9 Å². The highest BCUT2D eigenvalue weighted by Gasteiger charge is 2.26. The lowest BCUT2D eigenvalue weighted by molar-refractivity contribution is 0.252. The highest BCUT2D eigenvalue weighted by atomic mass is 16.5. The molecular formula is C19H21N3O3. The number of anilines is 1. The molecule has 1 aromatic carbocycles. The lowest BCUT2D eigenvalue weighted by atomic mass is 9.97. The van der Waals surface area contributed by atoms with E-state index < -0.39 is 0 Å². The lowest BCUT2D eigenvalue weighted by Gasteiger charge is -2.16. The van der Waals surface area contributed by atoms with Gasteiger partial charge < -0.3 is 14.6 Å². The van der Waals surface area contributed by atoms with Gasteiger partial charge in [0.1, 0.15) is 12.4 Å². The summed E-state index contributed by atoms with van der Waals surface area (Å²) in [5.74, 6) is 1.84. The van der Waals surface area contributed by atoms with E-state index >= 15 is 0 Å². The number of para-hydroxylation sites is 1. The number of benzene rings is 1. The Bertz CT molecular complexity index is 810. The van der Waals surface area contributed by atoms with E-state index in [1.165, 1.54) is 18.4 Å². The van der Waals surface area contributed by atoms with Crippen molar-refractivity contribution >= 4 is 11.8 Å². The lowest BCUT2D eigenvalue weighted by Crippen LogP contribution is -2.30. The number of carbonyl (C=O) groups is 1. The van der Waals surface area contributed by atoms with Gasteiger partial charge in [-0.15, -0.1) is 0 Å². The van der Waals surface area contributed by atoms with Crippen molar-refractivity contribution in [2.45, 2.75) is 38.7 Å². The molecule has 2 amide bonds. The average molecular weight is 339 g/mol. The molecule has 1 aliphatic carbocycles. The standard InChI is InChI=1S/C19H21N3O3/c23-19(20-11-10-13-6-2-1-3-7-13)21-18-15-12-24-16-9-5-4-8-14(16)17(15)25-22-18/h4-6,8-9H,1-3,7,10-12H2,(H2,20,21,22,23). The first-order valence-electron chi connectivity index (χ1n) is 8.75. The largest absolute Gasteiger partial charge is 0.488 e. The second-order valence-corrected chi connectivity index (χ2v) is 6.36. The molecule has 0 radical (unpaired) electrons. The van der Waals surface area contributed by atoms with E-state index in [1.54, 1.807) is 0 Å². The zero-order chi connectivity index (χ0) is 17.1. The second kappa shape index (κ2) is 7.01. The van der Waals surface area contributed by atoms with Gasteiger partial charge in [0, 0.05) is 6.54 Å². The van der Waals surface area contributed by atoms with E-state index in [0.717, 1.165) is 36.1 Å². The number of hydrogen-bond acceptors (Lipinski definition) is 4. The molecule has 0 bridgehead atoms. The Morgan fingerprint density at radius 3 is 3.04 bits per heavy atom. The second-order valence-electron chi connectivity index (χ2n) is 6.36. The fraction of sp³-hybridized carbons (Fsp3) is 0.368.